The van der Waals surface area contributed by atoms with Crippen molar-refractivity contribution in [3.05, 3.63) is 47.8 Å². The summed E-state index contributed by atoms with van der Waals surface area (Å²) >= 11 is 0. The molecule has 1 aliphatic heterocycles. The van der Waals surface area contributed by atoms with Gasteiger partial charge in [-0.15, -0.1) is 6.58 Å². The standard InChI is InChI=1S/C12H13FO/c1-2-3-12-11-8-10(13)5-4-9(11)6-7-14-12/h2,4-5,8,12H,1,3,6-7H2. The predicted molar refractivity (Wildman–Crippen MR) is 53.6 cm³/mol. The van der Waals surface area contributed by atoms with E-state index in [-0.39, 0.29) is 11.9 Å². The third kappa shape index (κ3) is 1.70. The van der Waals surface area contributed by atoms with Gasteiger partial charge in [0.25, 0.3) is 0 Å². The largest absolute Gasteiger partial charge is 0.373 e. The molecule has 14 heavy (non-hydrogen) atoms. The maximum atomic E-state index is 13.0. The molecule has 0 amide bonds. The summed E-state index contributed by atoms with van der Waals surface area (Å²) in [6.07, 6.45) is 3.43. The minimum absolute atomic E-state index is 0.00745. The van der Waals surface area contributed by atoms with E-state index in [2.05, 4.69) is 6.58 Å². The summed E-state index contributed by atoms with van der Waals surface area (Å²) in [6, 6.07) is 4.93. The van der Waals surface area contributed by atoms with Gasteiger partial charge in [-0.2, -0.15) is 0 Å². The number of rotatable bonds is 2. The quantitative estimate of drug-likeness (QED) is 0.654. The second kappa shape index (κ2) is 3.93. The molecule has 0 saturated carbocycles. The van der Waals surface area contributed by atoms with Crippen molar-refractivity contribution in [2.24, 2.45) is 0 Å². The monoisotopic (exact) mass is 192 g/mol. The SMILES string of the molecule is C=CCC1OCCc2ccc(F)cc21. The molecule has 0 bridgehead atoms. The zero-order valence-corrected chi connectivity index (χ0v) is 8.00. The fraction of sp³-hybridized carbons (Fsp3) is 0.333. The molecule has 1 aromatic carbocycles. The van der Waals surface area contributed by atoms with E-state index in [1.54, 1.807) is 6.07 Å². The fourth-order valence-electron chi connectivity index (χ4n) is 1.84. The van der Waals surface area contributed by atoms with Gasteiger partial charge >= 0.3 is 0 Å². The molecule has 1 heterocycles. The fourth-order valence-corrected chi connectivity index (χ4v) is 1.84. The summed E-state index contributed by atoms with van der Waals surface area (Å²) in [5, 5.41) is 0. The van der Waals surface area contributed by atoms with Crippen LogP contribution >= 0.6 is 0 Å². The number of ether oxygens (including phenoxy) is 1. The van der Waals surface area contributed by atoms with Gasteiger partial charge in [0, 0.05) is 0 Å². The third-order valence-electron chi connectivity index (χ3n) is 2.53. The van der Waals surface area contributed by atoms with Crippen LogP contribution in [0.5, 0.6) is 0 Å². The van der Waals surface area contributed by atoms with E-state index in [0.29, 0.717) is 0 Å². The van der Waals surface area contributed by atoms with Gasteiger partial charge in [0.1, 0.15) is 5.82 Å². The van der Waals surface area contributed by atoms with Gasteiger partial charge in [-0.3, -0.25) is 0 Å². The number of fused-ring (bicyclic) bond motifs is 1. The van der Waals surface area contributed by atoms with Crippen molar-refractivity contribution in [2.45, 2.75) is 18.9 Å². The van der Waals surface area contributed by atoms with Crippen LogP contribution in [0.15, 0.2) is 30.9 Å². The topological polar surface area (TPSA) is 9.23 Å². The van der Waals surface area contributed by atoms with Gasteiger partial charge in [-0.1, -0.05) is 12.1 Å². The van der Waals surface area contributed by atoms with Gasteiger partial charge in [0.15, 0.2) is 0 Å². The number of hydrogen-bond acceptors (Lipinski definition) is 1. The lowest BCUT2D eigenvalue weighted by atomic mass is 9.96. The van der Waals surface area contributed by atoms with E-state index in [1.165, 1.54) is 11.6 Å². The second-order valence-corrected chi connectivity index (χ2v) is 3.48. The zero-order valence-electron chi connectivity index (χ0n) is 8.00. The summed E-state index contributed by atoms with van der Waals surface area (Å²) in [4.78, 5) is 0. The van der Waals surface area contributed by atoms with Crippen LogP contribution in [0, 0.1) is 5.82 Å². The van der Waals surface area contributed by atoms with E-state index in [0.717, 1.165) is 25.0 Å². The Balaban J connectivity index is 2.36. The first-order chi connectivity index (χ1) is 6.81. The Morgan fingerprint density at radius 2 is 2.43 bits per heavy atom. The molecule has 74 valence electrons. The minimum atomic E-state index is -0.191. The summed E-state index contributed by atoms with van der Waals surface area (Å²) in [5.41, 5.74) is 2.18. The van der Waals surface area contributed by atoms with Crippen LogP contribution in [0.1, 0.15) is 23.7 Å². The summed E-state index contributed by atoms with van der Waals surface area (Å²) in [5.74, 6) is -0.191. The van der Waals surface area contributed by atoms with Gasteiger partial charge in [0.05, 0.1) is 12.7 Å². The molecule has 1 aromatic rings. The van der Waals surface area contributed by atoms with Crippen LogP contribution in [-0.2, 0) is 11.2 Å². The second-order valence-electron chi connectivity index (χ2n) is 3.48. The maximum absolute atomic E-state index is 13.0. The Kier molecular flexibility index (Phi) is 2.64. The third-order valence-corrected chi connectivity index (χ3v) is 2.53. The molecular formula is C12H13FO. The van der Waals surface area contributed by atoms with Crippen molar-refractivity contribution in [2.75, 3.05) is 6.61 Å². The molecule has 0 fully saturated rings. The molecule has 0 aliphatic carbocycles. The highest BCUT2D eigenvalue weighted by atomic mass is 19.1. The molecular weight excluding hydrogens is 179 g/mol. The Hall–Kier alpha value is -1.15. The van der Waals surface area contributed by atoms with Gasteiger partial charge in [-0.25, -0.2) is 4.39 Å². The van der Waals surface area contributed by atoms with Crippen molar-refractivity contribution >= 4 is 0 Å². The lowest BCUT2D eigenvalue weighted by Gasteiger charge is -2.25. The molecule has 2 rings (SSSR count). The summed E-state index contributed by atoms with van der Waals surface area (Å²) < 4.78 is 18.6. The van der Waals surface area contributed by atoms with Crippen LogP contribution in [0.2, 0.25) is 0 Å². The minimum Gasteiger partial charge on any atom is -0.373 e. The Morgan fingerprint density at radius 3 is 3.21 bits per heavy atom. The lowest BCUT2D eigenvalue weighted by Crippen LogP contribution is -2.16. The number of benzene rings is 1. The van der Waals surface area contributed by atoms with Gasteiger partial charge in [-0.05, 0) is 36.1 Å². The van der Waals surface area contributed by atoms with Crippen molar-refractivity contribution in [1.82, 2.24) is 0 Å². The first-order valence-electron chi connectivity index (χ1n) is 4.82. The molecule has 0 N–H and O–H groups in total. The average molecular weight is 192 g/mol. The molecule has 0 spiro atoms. The Morgan fingerprint density at radius 1 is 1.57 bits per heavy atom. The Labute approximate surface area is 83.2 Å². The predicted octanol–water partition coefficient (Wildman–Crippen LogP) is 3.02. The molecule has 0 radical (unpaired) electrons. The average Bonchev–Trinajstić information content (AvgIpc) is 2.19. The van der Waals surface area contributed by atoms with Crippen molar-refractivity contribution in [1.29, 1.82) is 0 Å². The van der Waals surface area contributed by atoms with Crippen LogP contribution in [0.4, 0.5) is 4.39 Å². The molecule has 1 nitrogen and oxygen atoms in total. The van der Waals surface area contributed by atoms with Gasteiger partial charge in [0.2, 0.25) is 0 Å². The lowest BCUT2D eigenvalue weighted by molar-refractivity contribution is 0.0443. The zero-order chi connectivity index (χ0) is 9.97. The van der Waals surface area contributed by atoms with Gasteiger partial charge < -0.3 is 4.74 Å². The van der Waals surface area contributed by atoms with Crippen molar-refractivity contribution in [3.8, 4) is 0 Å². The Bertz CT molecular complexity index is 346. The first-order valence-corrected chi connectivity index (χ1v) is 4.82. The maximum Gasteiger partial charge on any atom is 0.123 e. The van der Waals surface area contributed by atoms with Crippen LogP contribution < -0.4 is 0 Å². The van der Waals surface area contributed by atoms with E-state index < -0.39 is 0 Å². The van der Waals surface area contributed by atoms with E-state index in [4.69, 9.17) is 4.74 Å². The highest BCUT2D eigenvalue weighted by molar-refractivity contribution is 5.31. The molecule has 1 aliphatic rings. The number of halogens is 1. The normalized spacial score (nSPS) is 20.2. The van der Waals surface area contributed by atoms with E-state index in [9.17, 15) is 4.39 Å². The smallest absolute Gasteiger partial charge is 0.123 e. The molecule has 1 atom stereocenters. The van der Waals surface area contributed by atoms with E-state index in [1.807, 2.05) is 12.1 Å². The molecule has 2 heteroatoms. The van der Waals surface area contributed by atoms with Crippen LogP contribution in [0.25, 0.3) is 0 Å². The summed E-state index contributed by atoms with van der Waals surface area (Å²) in [6.45, 7) is 4.40. The number of hydrogen-bond donors (Lipinski definition) is 0. The molecule has 1 unspecified atom stereocenters. The molecule has 0 aromatic heterocycles. The highest BCUT2D eigenvalue weighted by Gasteiger charge is 2.19. The van der Waals surface area contributed by atoms with Crippen molar-refractivity contribution < 1.29 is 9.13 Å². The van der Waals surface area contributed by atoms with Crippen molar-refractivity contribution in [3.63, 3.8) is 0 Å². The first kappa shape index (κ1) is 9.41. The van der Waals surface area contributed by atoms with Crippen LogP contribution in [-0.4, -0.2) is 6.61 Å². The van der Waals surface area contributed by atoms with Crippen LogP contribution in [0.3, 0.4) is 0 Å². The summed E-state index contributed by atoms with van der Waals surface area (Å²) in [7, 11) is 0. The van der Waals surface area contributed by atoms with E-state index >= 15 is 0 Å². The molecule has 0 saturated heterocycles. The highest BCUT2D eigenvalue weighted by Crippen LogP contribution is 2.30.